The summed E-state index contributed by atoms with van der Waals surface area (Å²) in [5.74, 6) is 1.21. The van der Waals surface area contributed by atoms with E-state index < -0.39 is 0 Å². The van der Waals surface area contributed by atoms with Crippen molar-refractivity contribution in [2.75, 3.05) is 13.1 Å². The predicted molar refractivity (Wildman–Crippen MR) is 92.0 cm³/mol. The lowest BCUT2D eigenvalue weighted by atomic mass is 9.86. The zero-order valence-electron chi connectivity index (χ0n) is 14.3. The highest BCUT2D eigenvalue weighted by atomic mass is 16.2. The van der Waals surface area contributed by atoms with Crippen LogP contribution in [-0.4, -0.2) is 34.5 Å². The third-order valence-electron chi connectivity index (χ3n) is 6.21. The standard InChI is InChI=1S/C19H26N4O/c20-21-17-12-16-14-8-4-6-13(14)7-5-9-15(16)18(17)19(24)22-23-10-2-1-3-11-23/h12-14H,1-11H2,(H,22,24). The molecular weight excluding hydrogens is 300 g/mol. The maximum Gasteiger partial charge on any atom is 0.328 e. The van der Waals surface area contributed by atoms with Crippen LogP contribution >= 0.6 is 0 Å². The third-order valence-corrected chi connectivity index (χ3v) is 6.21. The Morgan fingerprint density at radius 2 is 1.92 bits per heavy atom. The fourth-order valence-corrected chi connectivity index (χ4v) is 5.08. The molecule has 24 heavy (non-hydrogen) atoms. The van der Waals surface area contributed by atoms with Gasteiger partial charge in [-0.3, -0.25) is 10.2 Å². The van der Waals surface area contributed by atoms with E-state index in [1.165, 1.54) is 37.7 Å². The van der Waals surface area contributed by atoms with Gasteiger partial charge in [0.1, 0.15) is 5.57 Å². The topological polar surface area (TPSA) is 68.7 Å². The molecule has 1 aliphatic heterocycles. The van der Waals surface area contributed by atoms with Gasteiger partial charge in [0.25, 0.3) is 5.91 Å². The number of piperidine rings is 1. The van der Waals surface area contributed by atoms with Crippen molar-refractivity contribution < 1.29 is 9.58 Å². The van der Waals surface area contributed by atoms with Crippen molar-refractivity contribution in [3.63, 3.8) is 0 Å². The highest BCUT2D eigenvalue weighted by Crippen LogP contribution is 2.48. The van der Waals surface area contributed by atoms with E-state index in [0.717, 1.165) is 50.3 Å². The summed E-state index contributed by atoms with van der Waals surface area (Å²) >= 11 is 0. The Morgan fingerprint density at radius 1 is 1.12 bits per heavy atom. The number of nitrogens with zero attached hydrogens (tertiary/aromatic N) is 3. The van der Waals surface area contributed by atoms with Crippen molar-refractivity contribution in [1.82, 2.24) is 10.4 Å². The molecule has 3 aliphatic carbocycles. The van der Waals surface area contributed by atoms with Gasteiger partial charge in [-0.2, -0.15) is 4.79 Å². The largest absolute Gasteiger partial charge is 0.361 e. The van der Waals surface area contributed by atoms with Crippen LogP contribution in [0.15, 0.2) is 22.8 Å². The highest BCUT2D eigenvalue weighted by Gasteiger charge is 2.42. The van der Waals surface area contributed by atoms with E-state index in [1.807, 2.05) is 11.1 Å². The van der Waals surface area contributed by atoms with Crippen LogP contribution in [0.5, 0.6) is 0 Å². The van der Waals surface area contributed by atoms with E-state index in [2.05, 4.69) is 10.2 Å². The second-order valence-electron chi connectivity index (χ2n) is 7.62. The van der Waals surface area contributed by atoms with Gasteiger partial charge in [-0.15, -0.1) is 0 Å². The van der Waals surface area contributed by atoms with Crippen molar-refractivity contribution >= 4 is 11.6 Å². The summed E-state index contributed by atoms with van der Waals surface area (Å²) in [7, 11) is 0. The Kier molecular flexibility index (Phi) is 4.38. The zero-order chi connectivity index (χ0) is 16.5. The molecule has 0 radical (unpaired) electrons. The summed E-state index contributed by atoms with van der Waals surface area (Å²) in [6.45, 7) is 1.82. The van der Waals surface area contributed by atoms with Crippen LogP contribution in [-0.2, 0) is 4.79 Å². The molecule has 4 rings (SSSR count). The Bertz CT molecular complexity index is 650. The van der Waals surface area contributed by atoms with Gasteiger partial charge < -0.3 is 5.53 Å². The van der Waals surface area contributed by atoms with Crippen LogP contribution in [0.25, 0.3) is 5.53 Å². The molecule has 0 bridgehead atoms. The van der Waals surface area contributed by atoms with Crippen molar-refractivity contribution in [1.29, 1.82) is 0 Å². The minimum absolute atomic E-state index is 0.0950. The minimum atomic E-state index is -0.0950. The maximum atomic E-state index is 12.9. The van der Waals surface area contributed by atoms with Crippen LogP contribution in [0.3, 0.4) is 0 Å². The summed E-state index contributed by atoms with van der Waals surface area (Å²) in [5.41, 5.74) is 16.0. The Hall–Kier alpha value is -1.71. The molecule has 0 aromatic heterocycles. The van der Waals surface area contributed by atoms with Crippen LogP contribution in [0.2, 0.25) is 0 Å². The highest BCUT2D eigenvalue weighted by molar-refractivity contribution is 6.27. The quantitative estimate of drug-likeness (QED) is 0.626. The molecule has 1 heterocycles. The molecule has 5 nitrogen and oxygen atoms in total. The SMILES string of the molecule is [N-]=[N+]=C1C=C2C(=C1C(=O)NN1CCCCC1)CCCC1CCCC21. The van der Waals surface area contributed by atoms with Gasteiger partial charge in [-0.05, 0) is 67.9 Å². The van der Waals surface area contributed by atoms with Crippen molar-refractivity contribution in [3.05, 3.63) is 28.3 Å². The molecule has 2 unspecified atom stereocenters. The van der Waals surface area contributed by atoms with E-state index in [4.69, 9.17) is 0 Å². The van der Waals surface area contributed by atoms with Gasteiger partial charge in [0.2, 0.25) is 0 Å². The van der Waals surface area contributed by atoms with Crippen LogP contribution in [0.1, 0.15) is 57.8 Å². The average Bonchev–Trinajstić information content (AvgIpc) is 3.16. The van der Waals surface area contributed by atoms with Crippen LogP contribution in [0, 0.1) is 11.8 Å². The van der Waals surface area contributed by atoms with E-state index in [-0.39, 0.29) is 5.91 Å². The number of amides is 1. The van der Waals surface area contributed by atoms with Crippen molar-refractivity contribution in [2.24, 2.45) is 11.8 Å². The van der Waals surface area contributed by atoms with E-state index in [0.29, 0.717) is 17.2 Å². The molecule has 0 aromatic carbocycles. The lowest BCUT2D eigenvalue weighted by Gasteiger charge is -2.26. The molecule has 0 aromatic rings. The first-order chi connectivity index (χ1) is 11.8. The normalized spacial score (nSPS) is 30.3. The number of hydrogen-bond donors (Lipinski definition) is 1. The Balaban J connectivity index is 1.62. The first-order valence-electron chi connectivity index (χ1n) is 9.51. The summed E-state index contributed by atoms with van der Waals surface area (Å²) in [6, 6.07) is 0. The predicted octanol–water partition coefficient (Wildman–Crippen LogP) is 3.01. The molecule has 2 saturated carbocycles. The fourth-order valence-electron chi connectivity index (χ4n) is 5.08. The van der Waals surface area contributed by atoms with Crippen LogP contribution < -0.4 is 5.43 Å². The van der Waals surface area contributed by atoms with Crippen molar-refractivity contribution in [2.45, 2.75) is 57.8 Å². The molecule has 2 atom stereocenters. The van der Waals surface area contributed by atoms with Gasteiger partial charge in [0, 0.05) is 19.2 Å². The number of nitrogens with one attached hydrogen (secondary N) is 1. The number of carbonyl (C=O) groups is 1. The summed E-state index contributed by atoms with van der Waals surface area (Å²) in [6.07, 6.45) is 12.6. The fraction of sp³-hybridized carbons (Fsp3) is 0.684. The molecular formula is C19H26N4O. The molecule has 1 N–H and O–H groups in total. The molecule has 0 spiro atoms. The number of carbonyl (C=O) groups excluding carboxylic acids is 1. The van der Waals surface area contributed by atoms with E-state index in [1.54, 1.807) is 0 Å². The van der Waals surface area contributed by atoms with Crippen molar-refractivity contribution in [3.8, 4) is 0 Å². The number of fused-ring (bicyclic) bond motifs is 3. The van der Waals surface area contributed by atoms with Gasteiger partial charge in [-0.1, -0.05) is 12.8 Å². The number of allylic oxidation sites excluding steroid dienone is 3. The average molecular weight is 326 g/mol. The lowest BCUT2D eigenvalue weighted by molar-refractivity contribution is -0.122. The Morgan fingerprint density at radius 3 is 2.71 bits per heavy atom. The molecule has 1 saturated heterocycles. The van der Waals surface area contributed by atoms with Crippen LogP contribution in [0.4, 0.5) is 0 Å². The smallest absolute Gasteiger partial charge is 0.328 e. The molecule has 5 heteroatoms. The second kappa shape index (κ2) is 6.66. The Labute approximate surface area is 143 Å². The first kappa shape index (κ1) is 15.8. The van der Waals surface area contributed by atoms with Gasteiger partial charge >= 0.3 is 5.71 Å². The van der Waals surface area contributed by atoms with E-state index in [9.17, 15) is 10.3 Å². The lowest BCUT2D eigenvalue weighted by Crippen LogP contribution is -2.46. The summed E-state index contributed by atoms with van der Waals surface area (Å²) < 4.78 is 0. The number of hydrazine groups is 1. The zero-order valence-corrected chi connectivity index (χ0v) is 14.3. The summed E-state index contributed by atoms with van der Waals surface area (Å²) in [5, 5.41) is 2.02. The number of rotatable bonds is 2. The second-order valence-corrected chi connectivity index (χ2v) is 7.62. The third kappa shape index (κ3) is 2.76. The summed E-state index contributed by atoms with van der Waals surface area (Å²) in [4.78, 5) is 16.4. The minimum Gasteiger partial charge on any atom is -0.361 e. The molecule has 4 aliphatic rings. The van der Waals surface area contributed by atoms with Gasteiger partial charge in [0.05, 0.1) is 0 Å². The van der Waals surface area contributed by atoms with Gasteiger partial charge in [0.15, 0.2) is 0 Å². The van der Waals surface area contributed by atoms with Gasteiger partial charge in [-0.25, -0.2) is 5.01 Å². The molecule has 3 fully saturated rings. The molecule has 128 valence electrons. The first-order valence-corrected chi connectivity index (χ1v) is 9.51. The maximum absolute atomic E-state index is 12.9. The molecule has 1 amide bonds. The number of hydrogen-bond acceptors (Lipinski definition) is 2. The van der Waals surface area contributed by atoms with E-state index >= 15 is 0 Å². The monoisotopic (exact) mass is 326 g/mol.